The number of methoxy groups -OCH3 is 1. The van der Waals surface area contributed by atoms with Crippen LogP contribution in [-0.4, -0.2) is 38.9 Å². The molecule has 0 bridgehead atoms. The molecule has 158 valence electrons. The van der Waals surface area contributed by atoms with Crippen LogP contribution in [0.3, 0.4) is 0 Å². The van der Waals surface area contributed by atoms with E-state index in [1.54, 1.807) is 19.1 Å². The lowest BCUT2D eigenvalue weighted by atomic mass is 9.95. The Kier molecular flexibility index (Phi) is 8.03. The van der Waals surface area contributed by atoms with Crippen LogP contribution in [0.5, 0.6) is 0 Å². The summed E-state index contributed by atoms with van der Waals surface area (Å²) in [7, 11) is -0.714. The standard InChI is InChI=1S/C22H36O5Si/c1-10-11-12-13-14-22(6)19(23)18(20(24)25-7)17(26-22)15-16(2)27-28(8,9)21(3,4)5/h11-14,16H,10,15H2,1-9H3/b12-11+,14-13+/t16-,22-/m1/s1. The monoisotopic (exact) mass is 408 g/mol. The molecule has 0 amide bonds. The van der Waals surface area contributed by atoms with Crippen molar-refractivity contribution in [2.45, 2.75) is 84.2 Å². The van der Waals surface area contributed by atoms with Gasteiger partial charge >= 0.3 is 5.97 Å². The lowest BCUT2D eigenvalue weighted by molar-refractivity contribution is -0.138. The van der Waals surface area contributed by atoms with Crippen LogP contribution in [0, 0.1) is 0 Å². The highest BCUT2D eigenvalue weighted by atomic mass is 28.4. The molecule has 1 heterocycles. The van der Waals surface area contributed by atoms with E-state index in [-0.39, 0.29) is 22.5 Å². The van der Waals surface area contributed by atoms with Crippen molar-refractivity contribution in [1.82, 2.24) is 0 Å². The van der Waals surface area contributed by atoms with Crippen LogP contribution in [-0.2, 0) is 23.5 Å². The van der Waals surface area contributed by atoms with Gasteiger partial charge in [-0.1, -0.05) is 45.9 Å². The van der Waals surface area contributed by atoms with Gasteiger partial charge in [-0.25, -0.2) is 4.79 Å². The summed E-state index contributed by atoms with van der Waals surface area (Å²) in [6.45, 7) is 16.5. The van der Waals surface area contributed by atoms with Crippen molar-refractivity contribution in [1.29, 1.82) is 0 Å². The molecule has 1 aliphatic rings. The number of carbonyl (C=O) groups excluding carboxylic acids is 2. The van der Waals surface area contributed by atoms with E-state index in [0.29, 0.717) is 12.2 Å². The van der Waals surface area contributed by atoms with Gasteiger partial charge in [-0.15, -0.1) is 0 Å². The summed E-state index contributed by atoms with van der Waals surface area (Å²) < 4.78 is 17.2. The molecule has 28 heavy (non-hydrogen) atoms. The van der Waals surface area contributed by atoms with E-state index in [1.807, 2.05) is 26.0 Å². The second-order valence-electron chi connectivity index (χ2n) is 8.92. The molecule has 0 spiro atoms. The first kappa shape index (κ1) is 24.4. The largest absolute Gasteiger partial charge is 0.478 e. The number of allylic oxidation sites excluding steroid dienone is 3. The SMILES string of the molecule is CC/C=C/C=C/[C@@]1(C)OC(C[C@@H](C)O[Si](C)(C)C(C)(C)C)=C(C(=O)OC)C1=O. The molecule has 0 saturated heterocycles. The van der Waals surface area contributed by atoms with Gasteiger partial charge in [-0.2, -0.15) is 0 Å². The first-order chi connectivity index (χ1) is 12.8. The van der Waals surface area contributed by atoms with Gasteiger partial charge in [0.1, 0.15) is 11.3 Å². The second kappa shape index (κ2) is 9.22. The minimum atomic E-state index is -1.98. The maximum Gasteiger partial charge on any atom is 0.345 e. The topological polar surface area (TPSA) is 61.8 Å². The molecule has 0 unspecified atom stereocenters. The summed E-state index contributed by atoms with van der Waals surface area (Å²) in [4.78, 5) is 25.2. The molecule has 0 aromatic rings. The minimum absolute atomic E-state index is 0.0141. The molecule has 0 radical (unpaired) electrons. The molecule has 0 N–H and O–H groups in total. The Morgan fingerprint density at radius 2 is 1.89 bits per heavy atom. The van der Waals surface area contributed by atoms with Crippen LogP contribution in [0.15, 0.2) is 35.6 Å². The fourth-order valence-corrected chi connectivity index (χ4v) is 4.17. The molecule has 2 atom stereocenters. The van der Waals surface area contributed by atoms with Crippen LogP contribution < -0.4 is 0 Å². The van der Waals surface area contributed by atoms with E-state index >= 15 is 0 Å². The van der Waals surface area contributed by atoms with E-state index in [4.69, 9.17) is 13.9 Å². The Morgan fingerprint density at radius 3 is 2.39 bits per heavy atom. The number of Topliss-reactive ketones (excluding diaryl/α,β-unsaturated/α-hetero) is 1. The van der Waals surface area contributed by atoms with E-state index < -0.39 is 19.9 Å². The van der Waals surface area contributed by atoms with Crippen molar-refractivity contribution in [2.75, 3.05) is 7.11 Å². The lowest BCUT2D eigenvalue weighted by Gasteiger charge is -2.38. The van der Waals surface area contributed by atoms with Gasteiger partial charge in [-0.3, -0.25) is 4.79 Å². The molecule has 0 fully saturated rings. The Labute approximate surface area is 170 Å². The smallest absolute Gasteiger partial charge is 0.345 e. The number of esters is 1. The number of carbonyl (C=O) groups is 2. The van der Waals surface area contributed by atoms with Gasteiger partial charge < -0.3 is 13.9 Å². The number of rotatable bonds is 8. The Bertz CT molecular complexity index is 682. The summed E-state index contributed by atoms with van der Waals surface area (Å²) in [5, 5.41) is 0.0655. The third-order valence-corrected chi connectivity index (χ3v) is 9.96. The number of hydrogen-bond donors (Lipinski definition) is 0. The van der Waals surface area contributed by atoms with E-state index in [9.17, 15) is 9.59 Å². The molecular weight excluding hydrogens is 372 g/mol. The molecule has 1 aliphatic heterocycles. The molecular formula is C22H36O5Si. The molecule has 0 aromatic carbocycles. The zero-order valence-electron chi connectivity index (χ0n) is 18.8. The molecule has 0 saturated carbocycles. The Morgan fingerprint density at radius 1 is 1.29 bits per heavy atom. The average Bonchev–Trinajstić information content (AvgIpc) is 2.80. The summed E-state index contributed by atoms with van der Waals surface area (Å²) in [6.07, 6.45) is 8.34. The zero-order valence-corrected chi connectivity index (χ0v) is 19.8. The third kappa shape index (κ3) is 5.67. The molecule has 5 nitrogen and oxygen atoms in total. The Hall–Kier alpha value is -1.66. The normalized spacial score (nSPS) is 22.2. The van der Waals surface area contributed by atoms with Gasteiger partial charge in [0.05, 0.1) is 7.11 Å². The van der Waals surface area contributed by atoms with Crippen molar-refractivity contribution in [3.05, 3.63) is 35.6 Å². The first-order valence-electron chi connectivity index (χ1n) is 9.86. The van der Waals surface area contributed by atoms with Crippen LogP contribution in [0.25, 0.3) is 0 Å². The summed E-state index contributed by atoms with van der Waals surface area (Å²) in [5.74, 6) is -0.703. The highest BCUT2D eigenvalue weighted by Crippen LogP contribution is 2.39. The fourth-order valence-electron chi connectivity index (χ4n) is 2.73. The quantitative estimate of drug-likeness (QED) is 0.242. The van der Waals surface area contributed by atoms with Crippen LogP contribution in [0.4, 0.5) is 0 Å². The highest BCUT2D eigenvalue weighted by molar-refractivity contribution is 6.74. The van der Waals surface area contributed by atoms with E-state index in [0.717, 1.165) is 6.42 Å². The number of ketones is 1. The van der Waals surface area contributed by atoms with Crippen LogP contribution >= 0.6 is 0 Å². The third-order valence-electron chi connectivity index (χ3n) is 5.35. The Balaban J connectivity index is 3.10. The van der Waals surface area contributed by atoms with E-state index in [1.165, 1.54) is 7.11 Å². The van der Waals surface area contributed by atoms with Gasteiger partial charge in [0.25, 0.3) is 0 Å². The maximum absolute atomic E-state index is 12.9. The summed E-state index contributed by atoms with van der Waals surface area (Å²) in [6, 6.07) is 0. The predicted molar refractivity (Wildman–Crippen MR) is 114 cm³/mol. The molecule has 6 heteroatoms. The molecule has 0 aromatic heterocycles. The van der Waals surface area contributed by atoms with Crippen molar-refractivity contribution in [3.63, 3.8) is 0 Å². The van der Waals surface area contributed by atoms with Crippen molar-refractivity contribution >= 4 is 20.1 Å². The summed E-state index contributed by atoms with van der Waals surface area (Å²) >= 11 is 0. The maximum atomic E-state index is 12.9. The van der Waals surface area contributed by atoms with E-state index in [2.05, 4.69) is 33.9 Å². The minimum Gasteiger partial charge on any atom is -0.478 e. The fraction of sp³-hybridized carbons (Fsp3) is 0.636. The van der Waals surface area contributed by atoms with Gasteiger partial charge in [-0.05, 0) is 44.5 Å². The second-order valence-corrected chi connectivity index (χ2v) is 13.7. The average molecular weight is 409 g/mol. The highest BCUT2D eigenvalue weighted by Gasteiger charge is 2.47. The van der Waals surface area contributed by atoms with Crippen molar-refractivity contribution in [3.8, 4) is 0 Å². The summed E-state index contributed by atoms with van der Waals surface area (Å²) in [5.41, 5.74) is -1.23. The molecule has 1 rings (SSSR count). The van der Waals surface area contributed by atoms with Crippen molar-refractivity contribution < 1.29 is 23.5 Å². The molecule has 0 aliphatic carbocycles. The zero-order chi connectivity index (χ0) is 21.8. The van der Waals surface area contributed by atoms with Gasteiger partial charge in [0.15, 0.2) is 13.9 Å². The predicted octanol–water partition coefficient (Wildman–Crippen LogP) is 5.09. The lowest BCUT2D eigenvalue weighted by Crippen LogP contribution is -2.43. The van der Waals surface area contributed by atoms with Crippen molar-refractivity contribution in [2.24, 2.45) is 0 Å². The number of hydrogen-bond acceptors (Lipinski definition) is 5. The number of ether oxygens (including phenoxy) is 2. The van der Waals surface area contributed by atoms with Gasteiger partial charge in [0.2, 0.25) is 5.78 Å². The van der Waals surface area contributed by atoms with Crippen LogP contribution in [0.2, 0.25) is 18.1 Å². The first-order valence-corrected chi connectivity index (χ1v) is 12.8. The van der Waals surface area contributed by atoms with Gasteiger partial charge in [0, 0.05) is 12.5 Å². The van der Waals surface area contributed by atoms with Crippen LogP contribution in [0.1, 0.15) is 54.4 Å².